The Bertz CT molecular complexity index is 459. The standard InChI is InChI=1S/C14H23N5O2/c1-20-14-17-12(15-11-5-3-2-4-6-11)16-13(18-14)19-7-9-21-10-8-19/h11H,2-10H2,1H3,(H,15,16,17,18). The van der Waals surface area contributed by atoms with Crippen LogP contribution < -0.4 is 15.0 Å². The molecule has 0 amide bonds. The molecule has 0 radical (unpaired) electrons. The van der Waals surface area contributed by atoms with E-state index in [1.807, 2.05) is 0 Å². The maximum Gasteiger partial charge on any atom is 0.322 e. The highest BCUT2D eigenvalue weighted by molar-refractivity contribution is 5.39. The molecule has 0 bridgehead atoms. The molecule has 0 aromatic carbocycles. The van der Waals surface area contributed by atoms with Gasteiger partial charge in [-0.15, -0.1) is 0 Å². The van der Waals surface area contributed by atoms with E-state index in [1.165, 1.54) is 32.1 Å². The normalized spacial score (nSPS) is 20.3. The molecule has 1 saturated carbocycles. The number of hydrogen-bond donors (Lipinski definition) is 1. The second-order valence-corrected chi connectivity index (χ2v) is 5.52. The van der Waals surface area contributed by atoms with Crippen molar-refractivity contribution in [1.82, 2.24) is 15.0 Å². The highest BCUT2D eigenvalue weighted by atomic mass is 16.5. The number of methoxy groups -OCH3 is 1. The lowest BCUT2D eigenvalue weighted by atomic mass is 9.96. The van der Waals surface area contributed by atoms with Crippen LogP contribution in [-0.2, 0) is 4.74 Å². The number of hydrogen-bond acceptors (Lipinski definition) is 7. The first kappa shape index (κ1) is 14.3. The lowest BCUT2D eigenvalue weighted by Gasteiger charge is -2.27. The summed E-state index contributed by atoms with van der Waals surface area (Å²) in [6.07, 6.45) is 6.24. The second kappa shape index (κ2) is 6.89. The number of aromatic nitrogens is 3. The van der Waals surface area contributed by atoms with Gasteiger partial charge in [-0.1, -0.05) is 19.3 Å². The highest BCUT2D eigenvalue weighted by Gasteiger charge is 2.19. The summed E-state index contributed by atoms with van der Waals surface area (Å²) in [5, 5.41) is 3.43. The van der Waals surface area contributed by atoms with Gasteiger partial charge in [-0.05, 0) is 12.8 Å². The minimum absolute atomic E-state index is 0.366. The SMILES string of the molecule is COc1nc(NC2CCCCC2)nc(N2CCOCC2)n1. The van der Waals surface area contributed by atoms with Crippen LogP contribution in [0.5, 0.6) is 6.01 Å². The summed E-state index contributed by atoms with van der Waals surface area (Å²) in [6.45, 7) is 3.02. The Morgan fingerprint density at radius 3 is 2.57 bits per heavy atom. The summed E-state index contributed by atoms with van der Waals surface area (Å²) in [7, 11) is 1.59. The predicted octanol–water partition coefficient (Wildman–Crippen LogP) is 1.46. The number of nitrogens with one attached hydrogen (secondary N) is 1. The van der Waals surface area contributed by atoms with E-state index in [1.54, 1.807) is 7.11 Å². The minimum Gasteiger partial charge on any atom is -0.467 e. The Morgan fingerprint density at radius 2 is 1.86 bits per heavy atom. The lowest BCUT2D eigenvalue weighted by molar-refractivity contribution is 0.122. The van der Waals surface area contributed by atoms with Gasteiger partial charge in [-0.3, -0.25) is 0 Å². The van der Waals surface area contributed by atoms with Gasteiger partial charge in [-0.2, -0.15) is 15.0 Å². The van der Waals surface area contributed by atoms with Crippen LogP contribution >= 0.6 is 0 Å². The number of morpholine rings is 1. The van der Waals surface area contributed by atoms with E-state index in [4.69, 9.17) is 9.47 Å². The molecule has 7 heteroatoms. The molecular weight excluding hydrogens is 270 g/mol. The molecule has 1 aromatic rings. The van der Waals surface area contributed by atoms with E-state index in [0.717, 1.165) is 13.1 Å². The van der Waals surface area contributed by atoms with Gasteiger partial charge in [0.15, 0.2) is 0 Å². The summed E-state index contributed by atoms with van der Waals surface area (Å²) in [4.78, 5) is 15.3. The molecule has 0 atom stereocenters. The summed E-state index contributed by atoms with van der Waals surface area (Å²) in [5.74, 6) is 1.29. The molecule has 2 fully saturated rings. The van der Waals surface area contributed by atoms with Gasteiger partial charge in [0, 0.05) is 19.1 Å². The third-order valence-corrected chi connectivity index (χ3v) is 4.02. The largest absolute Gasteiger partial charge is 0.467 e. The first-order valence-electron chi connectivity index (χ1n) is 7.74. The Labute approximate surface area is 125 Å². The van der Waals surface area contributed by atoms with Crippen molar-refractivity contribution in [2.75, 3.05) is 43.6 Å². The lowest BCUT2D eigenvalue weighted by Crippen LogP contribution is -2.37. The van der Waals surface area contributed by atoms with Gasteiger partial charge in [0.25, 0.3) is 0 Å². The number of rotatable bonds is 4. The van der Waals surface area contributed by atoms with E-state index in [-0.39, 0.29) is 0 Å². The number of nitrogens with zero attached hydrogens (tertiary/aromatic N) is 4. The van der Waals surface area contributed by atoms with Crippen molar-refractivity contribution in [3.8, 4) is 6.01 Å². The number of ether oxygens (including phenoxy) is 2. The monoisotopic (exact) mass is 293 g/mol. The third kappa shape index (κ3) is 3.72. The van der Waals surface area contributed by atoms with Gasteiger partial charge < -0.3 is 19.7 Å². The second-order valence-electron chi connectivity index (χ2n) is 5.52. The van der Waals surface area contributed by atoms with E-state index in [0.29, 0.717) is 37.2 Å². The maximum atomic E-state index is 5.37. The van der Waals surface area contributed by atoms with E-state index in [2.05, 4.69) is 25.2 Å². The van der Waals surface area contributed by atoms with Crippen molar-refractivity contribution in [2.24, 2.45) is 0 Å². The molecule has 21 heavy (non-hydrogen) atoms. The molecule has 1 aliphatic heterocycles. The van der Waals surface area contributed by atoms with Crippen LogP contribution in [0.3, 0.4) is 0 Å². The highest BCUT2D eigenvalue weighted by Crippen LogP contribution is 2.22. The van der Waals surface area contributed by atoms with E-state index < -0.39 is 0 Å². The Kier molecular flexibility index (Phi) is 4.69. The van der Waals surface area contributed by atoms with Crippen molar-refractivity contribution < 1.29 is 9.47 Å². The quantitative estimate of drug-likeness (QED) is 0.901. The predicted molar refractivity (Wildman–Crippen MR) is 79.9 cm³/mol. The fourth-order valence-corrected chi connectivity index (χ4v) is 2.84. The summed E-state index contributed by atoms with van der Waals surface area (Å²) < 4.78 is 10.6. The molecule has 0 spiro atoms. The Hall–Kier alpha value is -1.63. The smallest absolute Gasteiger partial charge is 0.322 e. The molecule has 1 aliphatic carbocycles. The fraction of sp³-hybridized carbons (Fsp3) is 0.786. The van der Waals surface area contributed by atoms with Crippen LogP contribution in [0, 0.1) is 0 Å². The van der Waals surface area contributed by atoms with Crippen molar-refractivity contribution in [1.29, 1.82) is 0 Å². The van der Waals surface area contributed by atoms with Gasteiger partial charge in [0.05, 0.1) is 20.3 Å². The molecule has 1 saturated heterocycles. The molecule has 3 rings (SSSR count). The van der Waals surface area contributed by atoms with Crippen LogP contribution in [0.25, 0.3) is 0 Å². The van der Waals surface area contributed by atoms with Gasteiger partial charge in [0.2, 0.25) is 11.9 Å². The van der Waals surface area contributed by atoms with Crippen LogP contribution in [0.15, 0.2) is 0 Å². The molecule has 1 N–H and O–H groups in total. The Balaban J connectivity index is 1.75. The fourth-order valence-electron chi connectivity index (χ4n) is 2.84. The van der Waals surface area contributed by atoms with Crippen LogP contribution in [0.4, 0.5) is 11.9 Å². The zero-order valence-electron chi connectivity index (χ0n) is 12.5. The average Bonchev–Trinajstić information content (AvgIpc) is 2.56. The average molecular weight is 293 g/mol. The van der Waals surface area contributed by atoms with Gasteiger partial charge in [0.1, 0.15) is 0 Å². The van der Waals surface area contributed by atoms with E-state index >= 15 is 0 Å². The molecule has 0 unspecified atom stereocenters. The van der Waals surface area contributed by atoms with Crippen molar-refractivity contribution in [2.45, 2.75) is 38.1 Å². The topological polar surface area (TPSA) is 72.4 Å². The third-order valence-electron chi connectivity index (χ3n) is 4.02. The maximum absolute atomic E-state index is 5.37. The molecule has 2 aliphatic rings. The minimum atomic E-state index is 0.366. The molecule has 116 valence electrons. The first-order chi connectivity index (χ1) is 10.3. The summed E-state index contributed by atoms with van der Waals surface area (Å²) >= 11 is 0. The van der Waals surface area contributed by atoms with Gasteiger partial charge >= 0.3 is 6.01 Å². The Morgan fingerprint density at radius 1 is 1.10 bits per heavy atom. The van der Waals surface area contributed by atoms with Gasteiger partial charge in [-0.25, -0.2) is 0 Å². The van der Waals surface area contributed by atoms with Crippen molar-refractivity contribution >= 4 is 11.9 Å². The van der Waals surface area contributed by atoms with Crippen molar-refractivity contribution in [3.63, 3.8) is 0 Å². The molecule has 7 nitrogen and oxygen atoms in total. The number of anilines is 2. The molecule has 1 aromatic heterocycles. The van der Waals surface area contributed by atoms with Crippen LogP contribution in [-0.4, -0.2) is 54.4 Å². The summed E-state index contributed by atoms with van der Waals surface area (Å²) in [6, 6.07) is 0.827. The summed E-state index contributed by atoms with van der Waals surface area (Å²) in [5.41, 5.74) is 0. The zero-order chi connectivity index (χ0) is 14.5. The van der Waals surface area contributed by atoms with Crippen LogP contribution in [0.2, 0.25) is 0 Å². The van der Waals surface area contributed by atoms with Crippen molar-refractivity contribution in [3.05, 3.63) is 0 Å². The van der Waals surface area contributed by atoms with E-state index in [9.17, 15) is 0 Å². The van der Waals surface area contributed by atoms with Crippen LogP contribution in [0.1, 0.15) is 32.1 Å². The molecular formula is C14H23N5O2. The molecule has 2 heterocycles. The first-order valence-corrected chi connectivity index (χ1v) is 7.74. The zero-order valence-corrected chi connectivity index (χ0v) is 12.5.